The van der Waals surface area contributed by atoms with Crippen molar-refractivity contribution in [2.24, 2.45) is 0 Å². The summed E-state index contributed by atoms with van der Waals surface area (Å²) in [7, 11) is 0. The third kappa shape index (κ3) is 4.32. The molecule has 0 bridgehead atoms. The van der Waals surface area contributed by atoms with Gasteiger partial charge in [-0.3, -0.25) is 0 Å². The third-order valence-electron chi connectivity index (χ3n) is 3.22. The van der Waals surface area contributed by atoms with Crippen LogP contribution in [-0.4, -0.2) is 21.7 Å². The molecule has 1 aromatic heterocycles. The van der Waals surface area contributed by atoms with Crippen molar-refractivity contribution in [3.05, 3.63) is 52.3 Å². The number of hydrogen-bond acceptors (Lipinski definition) is 4. The van der Waals surface area contributed by atoms with Crippen LogP contribution >= 0.6 is 11.8 Å². The Bertz CT molecular complexity index is 678. The highest BCUT2D eigenvalue weighted by Gasteiger charge is 2.05. The van der Waals surface area contributed by atoms with Crippen molar-refractivity contribution in [3.8, 4) is 11.8 Å². The van der Waals surface area contributed by atoms with Crippen molar-refractivity contribution in [2.45, 2.75) is 31.7 Å². The summed E-state index contributed by atoms with van der Waals surface area (Å²) in [5.41, 5.74) is 5.31. The van der Waals surface area contributed by atoms with E-state index < -0.39 is 0 Å². The predicted molar refractivity (Wildman–Crippen MR) is 86.2 cm³/mol. The summed E-state index contributed by atoms with van der Waals surface area (Å²) in [4.78, 5) is 9.02. The normalized spacial score (nSPS) is 10.1. The molecule has 1 aromatic carbocycles. The summed E-state index contributed by atoms with van der Waals surface area (Å²) in [5.74, 6) is 6.38. The molecule has 1 N–H and O–H groups in total. The molecule has 2 rings (SSSR count). The Kier molecular flexibility index (Phi) is 5.38. The molecule has 2 aromatic rings. The number of thioether (sulfide) groups is 1. The van der Waals surface area contributed by atoms with Crippen molar-refractivity contribution >= 4 is 11.8 Å². The lowest BCUT2D eigenvalue weighted by Crippen LogP contribution is -1.98. The van der Waals surface area contributed by atoms with Crippen molar-refractivity contribution in [1.29, 1.82) is 0 Å². The zero-order valence-electron chi connectivity index (χ0n) is 12.5. The van der Waals surface area contributed by atoms with Gasteiger partial charge in [-0.05, 0) is 44.0 Å². The highest BCUT2D eigenvalue weighted by atomic mass is 32.2. The molecule has 1 heterocycles. The molecule has 21 heavy (non-hydrogen) atoms. The summed E-state index contributed by atoms with van der Waals surface area (Å²) in [6, 6.07) is 8.01. The number of benzene rings is 1. The zero-order valence-corrected chi connectivity index (χ0v) is 13.3. The molecular weight excluding hydrogens is 280 g/mol. The van der Waals surface area contributed by atoms with Crippen LogP contribution in [0, 0.1) is 32.6 Å². The van der Waals surface area contributed by atoms with Crippen molar-refractivity contribution in [2.75, 3.05) is 6.61 Å². The number of aromatic nitrogens is 2. The first kappa shape index (κ1) is 15.6. The summed E-state index contributed by atoms with van der Waals surface area (Å²) < 4.78 is 0. The lowest BCUT2D eigenvalue weighted by atomic mass is 10.1. The van der Waals surface area contributed by atoms with Crippen molar-refractivity contribution < 1.29 is 5.11 Å². The number of nitrogens with zero attached hydrogens (tertiary/aromatic N) is 2. The van der Waals surface area contributed by atoms with Crippen LogP contribution < -0.4 is 0 Å². The van der Waals surface area contributed by atoms with Gasteiger partial charge in [0, 0.05) is 22.7 Å². The zero-order chi connectivity index (χ0) is 15.2. The van der Waals surface area contributed by atoms with E-state index in [2.05, 4.69) is 27.9 Å². The Labute approximate surface area is 129 Å². The van der Waals surface area contributed by atoms with E-state index in [9.17, 15) is 0 Å². The topological polar surface area (TPSA) is 46.0 Å². The first-order valence-electron chi connectivity index (χ1n) is 6.73. The number of hydrogen-bond donors (Lipinski definition) is 1. The second-order valence-electron chi connectivity index (χ2n) is 4.75. The molecule has 0 amide bonds. The standard InChI is InChI=1S/C17H18N2OS/c1-12-13(2)18-17(19-14(12)3)21-11-16-7-4-6-15(10-16)8-5-9-20/h4,6-7,10,20H,9,11H2,1-3H3. The fraction of sp³-hybridized carbons (Fsp3) is 0.294. The molecule has 0 unspecified atom stereocenters. The third-order valence-corrected chi connectivity index (χ3v) is 4.14. The molecule has 0 atom stereocenters. The SMILES string of the molecule is Cc1nc(SCc2cccc(C#CCO)c2)nc(C)c1C. The predicted octanol–water partition coefficient (Wildman–Crippen LogP) is 3.04. The Hall–Kier alpha value is -1.83. The van der Waals surface area contributed by atoms with E-state index >= 15 is 0 Å². The second-order valence-corrected chi connectivity index (χ2v) is 5.69. The maximum Gasteiger partial charge on any atom is 0.188 e. The minimum atomic E-state index is -0.116. The van der Waals surface area contributed by atoms with E-state index in [0.29, 0.717) is 0 Å². The maximum absolute atomic E-state index is 8.73. The summed E-state index contributed by atoms with van der Waals surface area (Å²) in [6.07, 6.45) is 0. The van der Waals surface area contributed by atoms with Crippen LogP contribution in [0.4, 0.5) is 0 Å². The van der Waals surface area contributed by atoms with Crippen LogP contribution in [0.1, 0.15) is 28.1 Å². The lowest BCUT2D eigenvalue weighted by Gasteiger charge is -2.07. The van der Waals surface area contributed by atoms with Gasteiger partial charge in [-0.2, -0.15) is 0 Å². The smallest absolute Gasteiger partial charge is 0.188 e. The largest absolute Gasteiger partial charge is 0.384 e. The fourth-order valence-electron chi connectivity index (χ4n) is 1.83. The highest BCUT2D eigenvalue weighted by Crippen LogP contribution is 2.21. The van der Waals surface area contributed by atoms with Gasteiger partial charge in [-0.25, -0.2) is 9.97 Å². The minimum absolute atomic E-state index is 0.116. The van der Waals surface area contributed by atoms with E-state index in [1.54, 1.807) is 11.8 Å². The van der Waals surface area contributed by atoms with E-state index in [1.165, 1.54) is 5.56 Å². The highest BCUT2D eigenvalue weighted by molar-refractivity contribution is 7.98. The Morgan fingerprint density at radius 2 is 1.86 bits per heavy atom. The van der Waals surface area contributed by atoms with Gasteiger partial charge in [-0.1, -0.05) is 35.7 Å². The van der Waals surface area contributed by atoms with Crippen LogP contribution in [0.15, 0.2) is 29.4 Å². The quantitative estimate of drug-likeness (QED) is 0.537. The van der Waals surface area contributed by atoms with E-state index in [0.717, 1.165) is 33.4 Å². The average molecular weight is 298 g/mol. The van der Waals surface area contributed by atoms with Crippen LogP contribution in [-0.2, 0) is 5.75 Å². The van der Waals surface area contributed by atoms with E-state index in [4.69, 9.17) is 5.11 Å². The molecule has 0 aliphatic heterocycles. The maximum atomic E-state index is 8.73. The number of aryl methyl sites for hydroxylation is 2. The van der Waals surface area contributed by atoms with Crippen LogP contribution in [0.5, 0.6) is 0 Å². The number of aliphatic hydroxyl groups is 1. The Morgan fingerprint density at radius 1 is 1.14 bits per heavy atom. The molecule has 3 nitrogen and oxygen atoms in total. The van der Waals surface area contributed by atoms with Crippen LogP contribution in [0.2, 0.25) is 0 Å². The molecule has 0 saturated carbocycles. The van der Waals surface area contributed by atoms with Crippen LogP contribution in [0.3, 0.4) is 0 Å². The molecule has 0 fully saturated rings. The summed E-state index contributed by atoms with van der Waals surface area (Å²) >= 11 is 1.62. The Balaban J connectivity index is 2.09. The van der Waals surface area contributed by atoms with Gasteiger partial charge in [0.1, 0.15) is 6.61 Å². The first-order chi connectivity index (χ1) is 10.1. The second kappa shape index (κ2) is 7.26. The molecule has 0 radical (unpaired) electrons. The van der Waals surface area contributed by atoms with Crippen molar-refractivity contribution in [1.82, 2.24) is 9.97 Å². The monoisotopic (exact) mass is 298 g/mol. The lowest BCUT2D eigenvalue weighted by molar-refractivity contribution is 0.350. The van der Waals surface area contributed by atoms with Gasteiger partial charge in [0.25, 0.3) is 0 Å². The van der Waals surface area contributed by atoms with Gasteiger partial charge >= 0.3 is 0 Å². The Morgan fingerprint density at radius 3 is 2.52 bits per heavy atom. The van der Waals surface area contributed by atoms with Gasteiger partial charge in [0.2, 0.25) is 0 Å². The molecule has 0 aliphatic rings. The summed E-state index contributed by atoms with van der Waals surface area (Å²) in [6.45, 7) is 5.95. The number of rotatable bonds is 3. The van der Waals surface area contributed by atoms with Gasteiger partial charge in [-0.15, -0.1) is 0 Å². The van der Waals surface area contributed by atoms with E-state index in [1.807, 2.05) is 39.0 Å². The van der Waals surface area contributed by atoms with Crippen molar-refractivity contribution in [3.63, 3.8) is 0 Å². The molecule has 108 valence electrons. The summed E-state index contributed by atoms with van der Waals surface area (Å²) in [5, 5.41) is 9.54. The molecular formula is C17H18N2OS. The van der Waals surface area contributed by atoms with Gasteiger partial charge in [0.15, 0.2) is 5.16 Å². The van der Waals surface area contributed by atoms with E-state index in [-0.39, 0.29) is 6.61 Å². The van der Waals surface area contributed by atoms with Gasteiger partial charge < -0.3 is 5.11 Å². The molecule has 0 aliphatic carbocycles. The minimum Gasteiger partial charge on any atom is -0.384 e. The molecule has 0 saturated heterocycles. The average Bonchev–Trinajstić information content (AvgIpc) is 2.49. The molecule has 4 heteroatoms. The molecule has 0 spiro atoms. The fourth-order valence-corrected chi connectivity index (χ4v) is 2.71. The van der Waals surface area contributed by atoms with Crippen LogP contribution in [0.25, 0.3) is 0 Å². The number of aliphatic hydroxyl groups excluding tert-OH is 1. The van der Waals surface area contributed by atoms with Gasteiger partial charge in [0.05, 0.1) is 0 Å². The first-order valence-corrected chi connectivity index (χ1v) is 7.72.